The minimum atomic E-state index is -2.82. The zero-order valence-electron chi connectivity index (χ0n) is 8.46. The second-order valence-electron chi connectivity index (χ2n) is 2.71. The van der Waals surface area contributed by atoms with E-state index < -0.39 is 17.2 Å². The Labute approximate surface area is 95.1 Å². The van der Waals surface area contributed by atoms with Crippen LogP contribution in [0.3, 0.4) is 0 Å². The SMILES string of the molecule is COc1cc(C(=O)Cl)nc(OC)c1C(F)F. The van der Waals surface area contributed by atoms with E-state index in [0.717, 1.165) is 13.2 Å². The fourth-order valence-corrected chi connectivity index (χ4v) is 1.23. The normalized spacial score (nSPS) is 10.4. The van der Waals surface area contributed by atoms with E-state index in [1.54, 1.807) is 0 Å². The average Bonchev–Trinajstić information content (AvgIpc) is 2.26. The van der Waals surface area contributed by atoms with Crippen molar-refractivity contribution >= 4 is 16.8 Å². The molecule has 1 aromatic rings. The third-order valence-electron chi connectivity index (χ3n) is 1.82. The number of nitrogens with zero attached hydrogens (tertiary/aromatic N) is 1. The molecule has 0 aliphatic carbocycles. The van der Waals surface area contributed by atoms with Gasteiger partial charge in [-0.1, -0.05) is 0 Å². The Kier molecular flexibility index (Phi) is 4.00. The quantitative estimate of drug-likeness (QED) is 0.771. The molecule has 0 atom stereocenters. The molecule has 4 nitrogen and oxygen atoms in total. The molecule has 0 N–H and O–H groups in total. The van der Waals surface area contributed by atoms with E-state index in [0.29, 0.717) is 0 Å². The molecule has 16 heavy (non-hydrogen) atoms. The Morgan fingerprint density at radius 1 is 1.44 bits per heavy atom. The minimum Gasteiger partial charge on any atom is -0.496 e. The molecule has 0 unspecified atom stereocenters. The molecule has 0 aliphatic heterocycles. The van der Waals surface area contributed by atoms with Crippen LogP contribution in [0.5, 0.6) is 11.6 Å². The van der Waals surface area contributed by atoms with E-state index in [4.69, 9.17) is 16.3 Å². The molecule has 0 amide bonds. The summed E-state index contributed by atoms with van der Waals surface area (Å²) in [6, 6.07) is 1.04. The molecular formula is C9H8ClF2NO3. The van der Waals surface area contributed by atoms with Crippen LogP contribution < -0.4 is 9.47 Å². The second kappa shape index (κ2) is 5.07. The summed E-state index contributed by atoms with van der Waals surface area (Å²) in [5, 5.41) is -0.877. The summed E-state index contributed by atoms with van der Waals surface area (Å²) in [6.45, 7) is 0. The number of carbonyl (C=O) groups is 1. The lowest BCUT2D eigenvalue weighted by atomic mass is 10.2. The number of carbonyl (C=O) groups excluding carboxylic acids is 1. The van der Waals surface area contributed by atoms with E-state index in [9.17, 15) is 13.6 Å². The molecule has 7 heteroatoms. The summed E-state index contributed by atoms with van der Waals surface area (Å²) in [7, 11) is 2.36. The van der Waals surface area contributed by atoms with Crippen molar-refractivity contribution in [3.8, 4) is 11.6 Å². The van der Waals surface area contributed by atoms with Gasteiger partial charge in [0.1, 0.15) is 17.0 Å². The third-order valence-corrected chi connectivity index (χ3v) is 2.01. The number of aromatic nitrogens is 1. The van der Waals surface area contributed by atoms with Crippen LogP contribution in [-0.4, -0.2) is 24.4 Å². The van der Waals surface area contributed by atoms with Crippen molar-refractivity contribution in [1.29, 1.82) is 0 Å². The molecule has 0 spiro atoms. The summed E-state index contributed by atoms with van der Waals surface area (Å²) in [5.74, 6) is -0.566. The molecule has 1 heterocycles. The van der Waals surface area contributed by atoms with Crippen molar-refractivity contribution < 1.29 is 23.0 Å². The van der Waals surface area contributed by atoms with Gasteiger partial charge in [-0.2, -0.15) is 0 Å². The molecular weight excluding hydrogens is 244 g/mol. The predicted octanol–water partition coefficient (Wildman–Crippen LogP) is 2.42. The number of hydrogen-bond donors (Lipinski definition) is 0. The fourth-order valence-electron chi connectivity index (χ4n) is 1.14. The van der Waals surface area contributed by atoms with E-state index >= 15 is 0 Å². The number of pyridine rings is 1. The van der Waals surface area contributed by atoms with E-state index in [1.807, 2.05) is 0 Å². The molecule has 0 saturated heterocycles. The van der Waals surface area contributed by atoms with Gasteiger partial charge in [0.2, 0.25) is 5.88 Å². The fraction of sp³-hybridized carbons (Fsp3) is 0.333. The highest BCUT2D eigenvalue weighted by Crippen LogP contribution is 2.36. The van der Waals surface area contributed by atoms with Crippen molar-refractivity contribution in [2.45, 2.75) is 6.43 Å². The predicted molar refractivity (Wildman–Crippen MR) is 52.5 cm³/mol. The van der Waals surface area contributed by atoms with Gasteiger partial charge < -0.3 is 9.47 Å². The van der Waals surface area contributed by atoms with Crippen LogP contribution in [0.2, 0.25) is 0 Å². The molecule has 0 aliphatic rings. The van der Waals surface area contributed by atoms with Gasteiger partial charge in [-0.05, 0) is 11.6 Å². The lowest BCUT2D eigenvalue weighted by molar-refractivity contribution is 0.107. The Hall–Kier alpha value is -1.43. The van der Waals surface area contributed by atoms with Crippen LogP contribution >= 0.6 is 11.6 Å². The standard InChI is InChI=1S/C9H8ClF2NO3/c1-15-5-3-4(7(10)14)13-9(16-2)6(5)8(11)12/h3,8H,1-2H3. The van der Waals surface area contributed by atoms with Crippen molar-refractivity contribution in [2.75, 3.05) is 14.2 Å². The summed E-state index contributed by atoms with van der Waals surface area (Å²) in [6.07, 6.45) is -2.82. The maximum absolute atomic E-state index is 12.7. The van der Waals surface area contributed by atoms with Crippen LogP contribution in [0.15, 0.2) is 6.07 Å². The minimum absolute atomic E-state index is 0.189. The molecule has 0 bridgehead atoms. The molecule has 0 aromatic carbocycles. The topological polar surface area (TPSA) is 48.4 Å². The molecule has 0 fully saturated rings. The van der Waals surface area contributed by atoms with Crippen molar-refractivity contribution in [3.63, 3.8) is 0 Å². The number of alkyl halides is 2. The summed E-state index contributed by atoms with van der Waals surface area (Å²) >= 11 is 5.19. The number of methoxy groups -OCH3 is 2. The van der Waals surface area contributed by atoms with E-state index in [2.05, 4.69) is 9.72 Å². The summed E-state index contributed by atoms with van der Waals surface area (Å²) in [4.78, 5) is 14.4. The zero-order valence-corrected chi connectivity index (χ0v) is 9.22. The van der Waals surface area contributed by atoms with Crippen molar-refractivity contribution in [3.05, 3.63) is 17.3 Å². The van der Waals surface area contributed by atoms with Gasteiger partial charge in [-0.3, -0.25) is 4.79 Å². The summed E-state index contributed by atoms with van der Waals surface area (Å²) < 4.78 is 34.7. The van der Waals surface area contributed by atoms with Crippen LogP contribution in [0.25, 0.3) is 0 Å². The maximum Gasteiger partial charge on any atom is 0.272 e. The van der Waals surface area contributed by atoms with Crippen LogP contribution in [0, 0.1) is 0 Å². The molecule has 1 aromatic heterocycles. The maximum atomic E-state index is 12.7. The lowest BCUT2D eigenvalue weighted by Gasteiger charge is -2.12. The van der Waals surface area contributed by atoms with Gasteiger partial charge in [-0.15, -0.1) is 0 Å². The van der Waals surface area contributed by atoms with E-state index in [-0.39, 0.29) is 17.3 Å². The highest BCUT2D eigenvalue weighted by atomic mass is 35.5. The largest absolute Gasteiger partial charge is 0.496 e. The first kappa shape index (κ1) is 12.6. The number of ether oxygens (including phenoxy) is 2. The zero-order chi connectivity index (χ0) is 12.3. The van der Waals surface area contributed by atoms with Gasteiger partial charge in [0.25, 0.3) is 11.7 Å². The van der Waals surface area contributed by atoms with Crippen LogP contribution in [-0.2, 0) is 0 Å². The number of rotatable bonds is 4. The number of hydrogen-bond acceptors (Lipinski definition) is 4. The Morgan fingerprint density at radius 3 is 2.44 bits per heavy atom. The molecule has 88 valence electrons. The van der Waals surface area contributed by atoms with Gasteiger partial charge in [0.15, 0.2) is 0 Å². The van der Waals surface area contributed by atoms with E-state index in [1.165, 1.54) is 7.11 Å². The molecule has 1 rings (SSSR count). The molecule has 0 radical (unpaired) electrons. The van der Waals surface area contributed by atoms with Crippen LogP contribution in [0.1, 0.15) is 22.5 Å². The second-order valence-corrected chi connectivity index (χ2v) is 3.05. The Bertz CT molecular complexity index is 387. The van der Waals surface area contributed by atoms with Crippen molar-refractivity contribution in [2.24, 2.45) is 0 Å². The Morgan fingerprint density at radius 2 is 2.06 bits per heavy atom. The molecule has 0 saturated carbocycles. The van der Waals surface area contributed by atoms with Crippen molar-refractivity contribution in [1.82, 2.24) is 4.98 Å². The van der Waals surface area contributed by atoms with Gasteiger partial charge in [-0.25, -0.2) is 13.8 Å². The highest BCUT2D eigenvalue weighted by molar-refractivity contribution is 6.67. The third kappa shape index (κ3) is 2.38. The smallest absolute Gasteiger partial charge is 0.272 e. The first-order valence-corrected chi connectivity index (χ1v) is 4.50. The average molecular weight is 252 g/mol. The van der Waals surface area contributed by atoms with Gasteiger partial charge >= 0.3 is 0 Å². The Balaban J connectivity index is 3.42. The first-order valence-electron chi connectivity index (χ1n) is 4.12. The summed E-state index contributed by atoms with van der Waals surface area (Å²) in [5.41, 5.74) is -0.716. The number of halogens is 3. The monoisotopic (exact) mass is 251 g/mol. The highest BCUT2D eigenvalue weighted by Gasteiger charge is 2.23. The lowest BCUT2D eigenvalue weighted by Crippen LogP contribution is -2.04. The van der Waals surface area contributed by atoms with Gasteiger partial charge in [0, 0.05) is 6.07 Å². The van der Waals surface area contributed by atoms with Crippen LogP contribution in [0.4, 0.5) is 8.78 Å². The first-order chi connectivity index (χ1) is 7.51. The van der Waals surface area contributed by atoms with Gasteiger partial charge in [0.05, 0.1) is 14.2 Å².